The molecule has 2 aromatic rings. The second-order valence-electron chi connectivity index (χ2n) is 3.15. The summed E-state index contributed by atoms with van der Waals surface area (Å²) in [7, 11) is 0. The molecule has 0 amide bonds. The van der Waals surface area contributed by atoms with E-state index in [-0.39, 0.29) is 11.5 Å². The number of amidine groups is 1. The predicted octanol–water partition coefficient (Wildman–Crippen LogP) is 1.52. The summed E-state index contributed by atoms with van der Waals surface area (Å²) in [5, 5.41) is 22.4. The van der Waals surface area contributed by atoms with E-state index in [0.29, 0.717) is 0 Å². The molecule has 0 saturated heterocycles. The van der Waals surface area contributed by atoms with E-state index in [1.165, 1.54) is 11.5 Å². The molecular weight excluding hydrogens is 236 g/mol. The number of anilines is 1. The van der Waals surface area contributed by atoms with Gasteiger partial charge in [0.1, 0.15) is 6.07 Å². The Kier molecular flexibility index (Phi) is 2.98. The normalized spacial score (nSPS) is 11.1. The lowest BCUT2D eigenvalue weighted by Crippen LogP contribution is -2.21. The number of aromatic nitrogens is 1. The van der Waals surface area contributed by atoms with Crippen molar-refractivity contribution in [1.29, 1.82) is 10.7 Å². The molecule has 84 valence electrons. The van der Waals surface area contributed by atoms with Crippen LogP contribution in [-0.2, 0) is 0 Å². The van der Waals surface area contributed by atoms with Crippen molar-refractivity contribution in [3.8, 4) is 6.07 Å². The van der Waals surface area contributed by atoms with Crippen molar-refractivity contribution in [2.24, 2.45) is 10.8 Å². The first-order valence-corrected chi connectivity index (χ1v) is 5.47. The first-order chi connectivity index (χ1) is 8.22. The Bertz CT molecular complexity index is 636. The van der Waals surface area contributed by atoms with Crippen LogP contribution in [0.4, 0.5) is 5.69 Å². The van der Waals surface area contributed by atoms with Crippen molar-refractivity contribution in [2.75, 3.05) is 5.43 Å². The van der Waals surface area contributed by atoms with Crippen LogP contribution >= 0.6 is 11.5 Å². The van der Waals surface area contributed by atoms with Gasteiger partial charge in [0, 0.05) is 10.8 Å². The Balaban J connectivity index is 2.34. The second-order valence-corrected chi connectivity index (χ2v) is 3.78. The number of hydrogen-bond donors (Lipinski definition) is 3. The summed E-state index contributed by atoms with van der Waals surface area (Å²) in [6.07, 6.45) is 0. The van der Waals surface area contributed by atoms with Crippen molar-refractivity contribution in [3.05, 3.63) is 23.6 Å². The SMILES string of the molecule is N#C/C(=N\Nc1cccc2nscc12)C(=N)N. The van der Waals surface area contributed by atoms with Crippen LogP contribution in [0.2, 0.25) is 0 Å². The van der Waals surface area contributed by atoms with Gasteiger partial charge in [-0.3, -0.25) is 10.8 Å². The van der Waals surface area contributed by atoms with Crippen LogP contribution in [0.5, 0.6) is 0 Å². The lowest BCUT2D eigenvalue weighted by molar-refractivity contribution is 1.35. The van der Waals surface area contributed by atoms with E-state index in [1.807, 2.05) is 23.6 Å². The zero-order chi connectivity index (χ0) is 12.3. The van der Waals surface area contributed by atoms with Crippen molar-refractivity contribution in [2.45, 2.75) is 0 Å². The van der Waals surface area contributed by atoms with Crippen molar-refractivity contribution >= 4 is 39.7 Å². The van der Waals surface area contributed by atoms with E-state index < -0.39 is 0 Å². The number of hydrogen-bond acceptors (Lipinski definition) is 6. The molecule has 6 nitrogen and oxygen atoms in total. The molecule has 0 aliphatic carbocycles. The fourth-order valence-electron chi connectivity index (χ4n) is 1.25. The topological polar surface area (TPSA) is 111 Å². The third-order valence-electron chi connectivity index (χ3n) is 2.05. The highest BCUT2D eigenvalue weighted by Gasteiger charge is 2.04. The Morgan fingerprint density at radius 3 is 3.12 bits per heavy atom. The minimum atomic E-state index is -0.365. The summed E-state index contributed by atoms with van der Waals surface area (Å²) in [6, 6.07) is 7.27. The quantitative estimate of drug-likeness (QED) is 0.431. The molecular formula is C10H8N6S. The van der Waals surface area contributed by atoms with Crippen LogP contribution in [0.1, 0.15) is 0 Å². The standard InChI is InChI=1S/C10H8N6S/c11-4-9(10(12)13)15-14-7-2-1-3-8-6(7)5-17-16-8/h1-3,5,14H,(H3,12,13)/b15-9+. The van der Waals surface area contributed by atoms with Gasteiger partial charge in [-0.2, -0.15) is 14.7 Å². The molecule has 0 unspecified atom stereocenters. The van der Waals surface area contributed by atoms with Crippen LogP contribution in [0.15, 0.2) is 28.7 Å². The highest BCUT2D eigenvalue weighted by atomic mass is 32.1. The molecule has 1 aromatic carbocycles. The fraction of sp³-hybridized carbons (Fsp3) is 0. The Hall–Kier alpha value is -2.46. The third-order valence-corrected chi connectivity index (χ3v) is 2.70. The van der Waals surface area contributed by atoms with Gasteiger partial charge in [0.05, 0.1) is 11.2 Å². The van der Waals surface area contributed by atoms with E-state index in [1.54, 1.807) is 6.07 Å². The summed E-state index contributed by atoms with van der Waals surface area (Å²) in [5.41, 5.74) is 9.34. The summed E-state index contributed by atoms with van der Waals surface area (Å²) < 4.78 is 4.18. The van der Waals surface area contributed by atoms with Gasteiger partial charge in [0.25, 0.3) is 0 Å². The largest absolute Gasteiger partial charge is 0.382 e. The summed E-state index contributed by atoms with van der Waals surface area (Å²) in [5.74, 6) is -0.365. The Morgan fingerprint density at radius 1 is 1.59 bits per heavy atom. The molecule has 0 saturated carbocycles. The van der Waals surface area contributed by atoms with Gasteiger partial charge in [0.2, 0.25) is 5.71 Å². The number of fused-ring (bicyclic) bond motifs is 1. The monoisotopic (exact) mass is 244 g/mol. The maximum absolute atomic E-state index is 8.70. The molecule has 0 radical (unpaired) electrons. The van der Waals surface area contributed by atoms with Crippen LogP contribution in [-0.4, -0.2) is 15.9 Å². The maximum Gasteiger partial charge on any atom is 0.201 e. The second kappa shape index (κ2) is 4.59. The van der Waals surface area contributed by atoms with Crippen molar-refractivity contribution < 1.29 is 0 Å². The summed E-state index contributed by atoms with van der Waals surface area (Å²) in [6.45, 7) is 0. The van der Waals surface area contributed by atoms with Gasteiger partial charge in [-0.05, 0) is 23.7 Å². The lowest BCUT2D eigenvalue weighted by atomic mass is 10.2. The Labute approximate surface area is 101 Å². The number of nitrogens with one attached hydrogen (secondary N) is 2. The molecule has 0 aliphatic heterocycles. The summed E-state index contributed by atoms with van der Waals surface area (Å²) in [4.78, 5) is 0. The molecule has 0 fully saturated rings. The van der Waals surface area contributed by atoms with Crippen LogP contribution in [0, 0.1) is 16.7 Å². The third kappa shape index (κ3) is 2.21. The minimum absolute atomic E-state index is 0.148. The lowest BCUT2D eigenvalue weighted by Gasteiger charge is -2.01. The molecule has 0 spiro atoms. The molecule has 0 bridgehead atoms. The van der Waals surface area contributed by atoms with Gasteiger partial charge in [-0.25, -0.2) is 0 Å². The minimum Gasteiger partial charge on any atom is -0.382 e. The molecule has 1 aromatic heterocycles. The molecule has 0 atom stereocenters. The van der Waals surface area contributed by atoms with Gasteiger partial charge >= 0.3 is 0 Å². The predicted molar refractivity (Wildman–Crippen MR) is 68.2 cm³/mol. The molecule has 17 heavy (non-hydrogen) atoms. The van der Waals surface area contributed by atoms with Crippen LogP contribution in [0.3, 0.4) is 0 Å². The average Bonchev–Trinajstić information content (AvgIpc) is 2.78. The zero-order valence-corrected chi connectivity index (χ0v) is 9.45. The molecule has 4 N–H and O–H groups in total. The van der Waals surface area contributed by atoms with E-state index in [2.05, 4.69) is 14.9 Å². The molecule has 1 heterocycles. The van der Waals surface area contributed by atoms with Gasteiger partial charge in [0.15, 0.2) is 5.84 Å². The van der Waals surface area contributed by atoms with E-state index in [9.17, 15) is 0 Å². The van der Waals surface area contributed by atoms with Crippen molar-refractivity contribution in [3.63, 3.8) is 0 Å². The first-order valence-electron chi connectivity index (χ1n) is 4.63. The van der Waals surface area contributed by atoms with Gasteiger partial charge in [-0.15, -0.1) is 0 Å². The number of rotatable bonds is 3. The maximum atomic E-state index is 8.70. The van der Waals surface area contributed by atoms with Gasteiger partial charge in [-0.1, -0.05) is 6.07 Å². The molecule has 7 heteroatoms. The highest BCUT2D eigenvalue weighted by molar-refractivity contribution is 7.04. The zero-order valence-electron chi connectivity index (χ0n) is 8.64. The number of benzene rings is 1. The average molecular weight is 244 g/mol. The number of nitrogens with zero attached hydrogens (tertiary/aromatic N) is 3. The molecule has 0 aliphatic rings. The molecule has 2 rings (SSSR count). The smallest absolute Gasteiger partial charge is 0.201 e. The first kappa shape index (κ1) is 11.0. The number of nitrogens with two attached hydrogens (primary N) is 1. The van der Waals surface area contributed by atoms with Crippen molar-refractivity contribution in [1.82, 2.24) is 4.37 Å². The highest BCUT2D eigenvalue weighted by Crippen LogP contribution is 2.23. The van der Waals surface area contributed by atoms with Crippen LogP contribution in [0.25, 0.3) is 10.9 Å². The summed E-state index contributed by atoms with van der Waals surface area (Å²) >= 11 is 1.34. The van der Waals surface area contributed by atoms with Gasteiger partial charge < -0.3 is 5.73 Å². The fourth-order valence-corrected chi connectivity index (χ4v) is 1.93. The van der Waals surface area contributed by atoms with E-state index in [0.717, 1.165) is 16.6 Å². The van der Waals surface area contributed by atoms with E-state index >= 15 is 0 Å². The Morgan fingerprint density at radius 2 is 2.41 bits per heavy atom. The number of hydrazone groups is 1. The van der Waals surface area contributed by atoms with E-state index in [4.69, 9.17) is 16.4 Å². The van der Waals surface area contributed by atoms with Crippen LogP contribution < -0.4 is 11.2 Å². The number of nitriles is 1.